The van der Waals surface area contributed by atoms with E-state index in [9.17, 15) is 0 Å². The molecular formula is C7H17NO2S2. The Hall–Kier alpha value is 0.580. The van der Waals surface area contributed by atoms with Gasteiger partial charge in [0, 0.05) is 11.5 Å². The van der Waals surface area contributed by atoms with Crippen molar-refractivity contribution < 1.29 is 9.47 Å². The van der Waals surface area contributed by atoms with E-state index in [1.807, 2.05) is 7.05 Å². The van der Waals surface area contributed by atoms with Gasteiger partial charge < -0.3 is 9.47 Å². The molecule has 0 radical (unpaired) electrons. The molecule has 0 rings (SSSR count). The Morgan fingerprint density at radius 3 is 2.42 bits per heavy atom. The molecule has 3 nitrogen and oxygen atoms in total. The van der Waals surface area contributed by atoms with Crippen molar-refractivity contribution >= 4 is 24.6 Å². The summed E-state index contributed by atoms with van der Waals surface area (Å²) in [6.45, 7) is 2.83. The van der Waals surface area contributed by atoms with Crippen LogP contribution in [0.2, 0.25) is 0 Å². The highest BCUT2D eigenvalue weighted by atomic mass is 32.2. The Labute approximate surface area is 84.1 Å². The summed E-state index contributed by atoms with van der Waals surface area (Å²) < 4.78 is 13.4. The number of hydrogen-bond donors (Lipinski definition) is 2. The highest BCUT2D eigenvalue weighted by molar-refractivity contribution is 7.97. The average Bonchev–Trinajstić information content (AvgIpc) is 2.10. The van der Waals surface area contributed by atoms with Gasteiger partial charge in [-0.2, -0.15) is 12.6 Å². The summed E-state index contributed by atoms with van der Waals surface area (Å²) in [5, 5.41) is 0. The van der Waals surface area contributed by atoms with E-state index in [4.69, 9.17) is 9.47 Å². The predicted molar refractivity (Wildman–Crippen MR) is 57.0 cm³/mol. The lowest BCUT2D eigenvalue weighted by molar-refractivity contribution is 0.0605. The molecule has 74 valence electrons. The third-order valence-corrected chi connectivity index (χ3v) is 1.92. The maximum atomic E-state index is 5.27. The van der Waals surface area contributed by atoms with E-state index in [1.165, 1.54) is 0 Å². The molecule has 0 aromatic carbocycles. The zero-order valence-corrected chi connectivity index (χ0v) is 9.13. The molecule has 12 heavy (non-hydrogen) atoms. The molecule has 0 bridgehead atoms. The summed E-state index contributed by atoms with van der Waals surface area (Å²) in [4.78, 5) is 0. The number of ether oxygens (including phenoxy) is 2. The minimum atomic E-state index is 0.671. The van der Waals surface area contributed by atoms with Crippen LogP contribution in [0.4, 0.5) is 0 Å². The lowest BCUT2D eigenvalue weighted by Crippen LogP contribution is -2.08. The Bertz CT molecular complexity index is 75.8. The minimum Gasteiger partial charge on any atom is -0.378 e. The molecule has 5 heteroatoms. The van der Waals surface area contributed by atoms with Crippen molar-refractivity contribution in [1.82, 2.24) is 4.72 Å². The summed E-state index contributed by atoms with van der Waals surface area (Å²) in [6, 6.07) is 0. The van der Waals surface area contributed by atoms with Gasteiger partial charge in [-0.25, -0.2) is 0 Å². The second kappa shape index (κ2) is 11.6. The van der Waals surface area contributed by atoms with Crippen LogP contribution in [-0.2, 0) is 9.47 Å². The van der Waals surface area contributed by atoms with Crippen molar-refractivity contribution in [3.8, 4) is 0 Å². The first-order valence-electron chi connectivity index (χ1n) is 3.96. The van der Waals surface area contributed by atoms with Crippen LogP contribution < -0.4 is 4.72 Å². The van der Waals surface area contributed by atoms with E-state index in [2.05, 4.69) is 17.4 Å². The van der Waals surface area contributed by atoms with Gasteiger partial charge in [-0.1, -0.05) is 11.9 Å². The first kappa shape index (κ1) is 12.6. The zero-order chi connectivity index (χ0) is 9.07. The molecule has 0 spiro atoms. The van der Waals surface area contributed by atoms with Crippen LogP contribution in [-0.4, -0.2) is 45.0 Å². The lowest BCUT2D eigenvalue weighted by Gasteiger charge is -2.03. The monoisotopic (exact) mass is 211 g/mol. The molecule has 0 saturated heterocycles. The quantitative estimate of drug-likeness (QED) is 0.336. The van der Waals surface area contributed by atoms with Gasteiger partial charge in [-0.05, 0) is 7.05 Å². The first-order valence-corrected chi connectivity index (χ1v) is 5.58. The molecule has 0 aliphatic carbocycles. The van der Waals surface area contributed by atoms with Crippen LogP contribution in [0, 0.1) is 0 Å². The number of hydrogen-bond acceptors (Lipinski definition) is 5. The van der Waals surface area contributed by atoms with E-state index in [-0.39, 0.29) is 0 Å². The van der Waals surface area contributed by atoms with E-state index < -0.39 is 0 Å². The van der Waals surface area contributed by atoms with Crippen LogP contribution in [0.25, 0.3) is 0 Å². The molecule has 0 unspecified atom stereocenters. The Kier molecular flexibility index (Phi) is 12.1. The van der Waals surface area contributed by atoms with Crippen LogP contribution >= 0.6 is 24.6 Å². The Morgan fingerprint density at radius 1 is 1.17 bits per heavy atom. The molecule has 1 N–H and O–H groups in total. The first-order chi connectivity index (χ1) is 5.91. The fourth-order valence-electron chi connectivity index (χ4n) is 0.589. The van der Waals surface area contributed by atoms with Crippen LogP contribution in [0.3, 0.4) is 0 Å². The Balaban J connectivity index is 2.73. The van der Waals surface area contributed by atoms with Crippen molar-refractivity contribution in [3.05, 3.63) is 0 Å². The molecular weight excluding hydrogens is 194 g/mol. The van der Waals surface area contributed by atoms with Gasteiger partial charge in [0.2, 0.25) is 0 Å². The number of nitrogens with one attached hydrogen (secondary N) is 1. The summed E-state index contributed by atoms with van der Waals surface area (Å²) >= 11 is 5.66. The molecule has 0 aliphatic rings. The van der Waals surface area contributed by atoms with E-state index >= 15 is 0 Å². The highest BCUT2D eigenvalue weighted by Gasteiger charge is 1.88. The zero-order valence-electron chi connectivity index (χ0n) is 7.41. The van der Waals surface area contributed by atoms with Crippen LogP contribution in [0.15, 0.2) is 0 Å². The van der Waals surface area contributed by atoms with Gasteiger partial charge in [-0.3, -0.25) is 4.72 Å². The molecule has 0 amide bonds. The minimum absolute atomic E-state index is 0.671. The topological polar surface area (TPSA) is 30.5 Å². The molecule has 0 fully saturated rings. The van der Waals surface area contributed by atoms with Crippen molar-refractivity contribution in [1.29, 1.82) is 0 Å². The third kappa shape index (κ3) is 10.6. The fourth-order valence-corrected chi connectivity index (χ4v) is 1.12. The molecule has 0 heterocycles. The van der Waals surface area contributed by atoms with Crippen molar-refractivity contribution in [2.45, 2.75) is 0 Å². The molecule has 0 aromatic rings. The normalized spacial score (nSPS) is 10.5. The van der Waals surface area contributed by atoms with E-state index in [0.717, 1.165) is 18.1 Å². The van der Waals surface area contributed by atoms with Gasteiger partial charge in [0.1, 0.15) is 0 Å². The number of rotatable bonds is 9. The van der Waals surface area contributed by atoms with Crippen LogP contribution in [0.5, 0.6) is 0 Å². The summed E-state index contributed by atoms with van der Waals surface area (Å²) in [7, 11) is 1.90. The van der Waals surface area contributed by atoms with Gasteiger partial charge in [0.15, 0.2) is 0 Å². The lowest BCUT2D eigenvalue weighted by atomic mass is 10.7. The van der Waals surface area contributed by atoms with Crippen molar-refractivity contribution in [2.75, 3.05) is 45.0 Å². The average molecular weight is 211 g/mol. The smallest absolute Gasteiger partial charge is 0.0700 e. The van der Waals surface area contributed by atoms with Crippen molar-refractivity contribution in [3.63, 3.8) is 0 Å². The molecule has 0 aromatic heterocycles. The van der Waals surface area contributed by atoms with Gasteiger partial charge >= 0.3 is 0 Å². The maximum Gasteiger partial charge on any atom is 0.0700 e. The largest absolute Gasteiger partial charge is 0.378 e. The highest BCUT2D eigenvalue weighted by Crippen LogP contribution is 1.90. The number of thiol groups is 1. The summed E-state index contributed by atoms with van der Waals surface area (Å²) in [5.74, 6) is 1.75. The summed E-state index contributed by atoms with van der Waals surface area (Å²) in [5.41, 5.74) is 0. The van der Waals surface area contributed by atoms with E-state index in [1.54, 1.807) is 11.9 Å². The fraction of sp³-hybridized carbons (Fsp3) is 1.00. The van der Waals surface area contributed by atoms with E-state index in [0.29, 0.717) is 19.8 Å². The second-order valence-electron chi connectivity index (χ2n) is 2.00. The molecule has 0 atom stereocenters. The third-order valence-electron chi connectivity index (χ3n) is 1.08. The Morgan fingerprint density at radius 2 is 1.83 bits per heavy atom. The van der Waals surface area contributed by atoms with Gasteiger partial charge in [-0.15, -0.1) is 0 Å². The maximum absolute atomic E-state index is 5.27. The SMILES string of the molecule is CNSCCOCCOCCS. The standard InChI is InChI=1S/C7H17NO2S2/c1-8-12-7-5-10-3-2-9-4-6-11/h8,11H,2-7H2,1H3. The predicted octanol–water partition coefficient (Wildman–Crippen LogP) is 0.817. The molecule has 0 aliphatic heterocycles. The molecule has 0 saturated carbocycles. The second-order valence-corrected chi connectivity index (χ2v) is 3.55. The van der Waals surface area contributed by atoms with Gasteiger partial charge in [0.25, 0.3) is 0 Å². The summed E-state index contributed by atoms with van der Waals surface area (Å²) in [6.07, 6.45) is 0. The van der Waals surface area contributed by atoms with Crippen molar-refractivity contribution in [2.24, 2.45) is 0 Å². The van der Waals surface area contributed by atoms with Crippen LogP contribution in [0.1, 0.15) is 0 Å². The van der Waals surface area contributed by atoms with Gasteiger partial charge in [0.05, 0.1) is 26.4 Å².